The Morgan fingerprint density at radius 3 is 2.43 bits per heavy atom. The molecule has 1 aromatic rings. The molecule has 0 aliphatic heterocycles. The van der Waals surface area contributed by atoms with Crippen molar-refractivity contribution in [3.63, 3.8) is 0 Å². The van der Waals surface area contributed by atoms with Crippen LogP contribution in [-0.2, 0) is 10.0 Å². The number of rotatable bonds is 7. The van der Waals surface area contributed by atoms with Crippen molar-refractivity contribution in [2.75, 3.05) is 12.4 Å². The summed E-state index contributed by atoms with van der Waals surface area (Å²) in [5.74, 6) is -0.0313. The maximum atomic E-state index is 11.1. The van der Waals surface area contributed by atoms with E-state index in [1.165, 1.54) is 6.07 Å². The van der Waals surface area contributed by atoms with Gasteiger partial charge in [0, 0.05) is 11.5 Å². The molecule has 7 nitrogen and oxygen atoms in total. The zero-order valence-electron chi connectivity index (χ0n) is 12.3. The maximum absolute atomic E-state index is 11.1. The van der Waals surface area contributed by atoms with E-state index < -0.39 is 14.9 Å². The van der Waals surface area contributed by atoms with Crippen LogP contribution in [-0.4, -0.2) is 25.7 Å². The SMILES string of the molecule is CCC(COc1cc([N+](=O)[O-])c(C)cc1C)CS(N)(=O)=O. The van der Waals surface area contributed by atoms with Crippen LogP contribution in [0.1, 0.15) is 24.5 Å². The quantitative estimate of drug-likeness (QED) is 0.610. The molecule has 0 aromatic heterocycles. The summed E-state index contributed by atoms with van der Waals surface area (Å²) in [4.78, 5) is 10.5. The van der Waals surface area contributed by atoms with Crippen molar-refractivity contribution in [1.82, 2.24) is 0 Å². The number of aryl methyl sites for hydroxylation is 2. The summed E-state index contributed by atoms with van der Waals surface area (Å²) in [6, 6.07) is 3.04. The highest BCUT2D eigenvalue weighted by atomic mass is 32.2. The average molecular weight is 316 g/mol. The van der Waals surface area contributed by atoms with Gasteiger partial charge in [-0.2, -0.15) is 0 Å². The number of sulfonamides is 1. The fraction of sp³-hybridized carbons (Fsp3) is 0.538. The lowest BCUT2D eigenvalue weighted by atomic mass is 10.1. The van der Waals surface area contributed by atoms with Gasteiger partial charge in [0.1, 0.15) is 5.75 Å². The number of ether oxygens (including phenoxy) is 1. The van der Waals surface area contributed by atoms with Crippen molar-refractivity contribution in [3.8, 4) is 5.75 Å². The summed E-state index contributed by atoms with van der Waals surface area (Å²) in [6.07, 6.45) is 0.587. The van der Waals surface area contributed by atoms with Gasteiger partial charge < -0.3 is 4.74 Å². The molecule has 0 aliphatic rings. The van der Waals surface area contributed by atoms with Crippen LogP contribution in [0.2, 0.25) is 0 Å². The standard InChI is InChI=1S/C13H20N2O5S/c1-4-11(8-21(14,18)19)7-20-13-6-12(15(16)17)9(2)5-10(13)3/h5-6,11H,4,7-8H2,1-3H3,(H2,14,18,19). The van der Waals surface area contributed by atoms with Crippen molar-refractivity contribution in [2.24, 2.45) is 11.1 Å². The third kappa shape index (κ3) is 5.31. The topological polar surface area (TPSA) is 113 Å². The van der Waals surface area contributed by atoms with Gasteiger partial charge in [-0.15, -0.1) is 0 Å². The Morgan fingerprint density at radius 2 is 1.95 bits per heavy atom. The summed E-state index contributed by atoms with van der Waals surface area (Å²) >= 11 is 0. The molecular formula is C13H20N2O5S. The van der Waals surface area contributed by atoms with E-state index in [0.717, 1.165) is 5.56 Å². The van der Waals surface area contributed by atoms with E-state index in [-0.39, 0.29) is 24.0 Å². The van der Waals surface area contributed by atoms with Gasteiger partial charge in [0.2, 0.25) is 10.0 Å². The summed E-state index contributed by atoms with van der Waals surface area (Å²) in [5.41, 5.74) is 1.31. The third-order valence-corrected chi connectivity index (χ3v) is 4.15. The largest absolute Gasteiger partial charge is 0.493 e. The minimum absolute atomic E-state index is 0.0184. The van der Waals surface area contributed by atoms with Crippen molar-refractivity contribution in [2.45, 2.75) is 27.2 Å². The zero-order valence-corrected chi connectivity index (χ0v) is 13.1. The second-order valence-electron chi connectivity index (χ2n) is 5.08. The normalized spacial score (nSPS) is 13.0. The highest BCUT2D eigenvalue weighted by Gasteiger charge is 2.18. The number of primary sulfonamides is 1. The van der Waals surface area contributed by atoms with Gasteiger partial charge in [-0.1, -0.05) is 6.92 Å². The van der Waals surface area contributed by atoms with Crippen LogP contribution in [0.15, 0.2) is 12.1 Å². The number of hydrogen-bond donors (Lipinski definition) is 1. The first kappa shape index (κ1) is 17.4. The van der Waals surface area contributed by atoms with Crippen LogP contribution in [0.4, 0.5) is 5.69 Å². The van der Waals surface area contributed by atoms with Gasteiger partial charge in [-0.25, -0.2) is 13.6 Å². The molecule has 0 spiro atoms. The maximum Gasteiger partial charge on any atom is 0.276 e. The Balaban J connectivity index is 2.88. The fourth-order valence-corrected chi connectivity index (χ4v) is 2.98. The molecule has 21 heavy (non-hydrogen) atoms. The number of nitro groups is 1. The molecule has 0 radical (unpaired) electrons. The summed E-state index contributed by atoms with van der Waals surface area (Å²) in [5, 5.41) is 15.9. The van der Waals surface area contributed by atoms with Crippen molar-refractivity contribution >= 4 is 15.7 Å². The first-order valence-corrected chi connectivity index (χ1v) is 8.24. The average Bonchev–Trinajstić information content (AvgIpc) is 2.34. The zero-order chi connectivity index (χ0) is 16.2. The van der Waals surface area contributed by atoms with Gasteiger partial charge in [-0.3, -0.25) is 10.1 Å². The Hall–Kier alpha value is -1.67. The molecule has 0 saturated carbocycles. The minimum Gasteiger partial charge on any atom is -0.493 e. The van der Waals surface area contributed by atoms with Gasteiger partial charge >= 0.3 is 0 Å². The van der Waals surface area contributed by atoms with E-state index in [0.29, 0.717) is 17.7 Å². The second-order valence-corrected chi connectivity index (χ2v) is 6.74. The highest BCUT2D eigenvalue weighted by Crippen LogP contribution is 2.28. The minimum atomic E-state index is -3.57. The number of nitrogens with two attached hydrogens (primary N) is 1. The number of hydrogen-bond acceptors (Lipinski definition) is 5. The molecule has 1 aromatic carbocycles. The van der Waals surface area contributed by atoms with E-state index in [9.17, 15) is 18.5 Å². The molecule has 8 heteroatoms. The van der Waals surface area contributed by atoms with Gasteiger partial charge in [0.05, 0.1) is 23.3 Å². The molecule has 0 amide bonds. The van der Waals surface area contributed by atoms with Gasteiger partial charge in [0.15, 0.2) is 0 Å². The highest BCUT2D eigenvalue weighted by molar-refractivity contribution is 7.89. The van der Waals surface area contributed by atoms with E-state index in [4.69, 9.17) is 9.88 Å². The molecule has 0 bridgehead atoms. The van der Waals surface area contributed by atoms with Crippen LogP contribution in [0.5, 0.6) is 5.75 Å². The molecule has 1 atom stereocenters. The first-order valence-electron chi connectivity index (χ1n) is 6.53. The molecule has 0 heterocycles. The lowest BCUT2D eigenvalue weighted by Crippen LogP contribution is -2.26. The van der Waals surface area contributed by atoms with Crippen LogP contribution >= 0.6 is 0 Å². The summed E-state index contributed by atoms with van der Waals surface area (Å²) in [7, 11) is -3.57. The first-order chi connectivity index (χ1) is 9.64. The van der Waals surface area contributed by atoms with E-state index in [2.05, 4.69) is 0 Å². The summed E-state index contributed by atoms with van der Waals surface area (Å²) < 4.78 is 27.8. The van der Waals surface area contributed by atoms with Crippen LogP contribution in [0, 0.1) is 29.9 Å². The van der Waals surface area contributed by atoms with Crippen molar-refractivity contribution in [3.05, 3.63) is 33.4 Å². The summed E-state index contributed by atoms with van der Waals surface area (Å²) in [6.45, 7) is 5.43. The molecule has 0 aliphatic carbocycles. The Morgan fingerprint density at radius 1 is 1.33 bits per heavy atom. The van der Waals surface area contributed by atoms with E-state index in [1.54, 1.807) is 19.9 Å². The Kier molecular flexibility index (Phi) is 5.68. The Bertz CT molecular complexity index is 628. The third-order valence-electron chi connectivity index (χ3n) is 3.21. The molecular weight excluding hydrogens is 296 g/mol. The second kappa shape index (κ2) is 6.86. The van der Waals surface area contributed by atoms with Crippen LogP contribution < -0.4 is 9.88 Å². The number of nitrogens with zero attached hydrogens (tertiary/aromatic N) is 1. The van der Waals surface area contributed by atoms with Gasteiger partial charge in [-0.05, 0) is 31.9 Å². The number of benzene rings is 1. The van der Waals surface area contributed by atoms with E-state index >= 15 is 0 Å². The molecule has 1 rings (SSSR count). The monoisotopic (exact) mass is 316 g/mol. The predicted octanol–water partition coefficient (Wildman–Crippen LogP) is 1.91. The van der Waals surface area contributed by atoms with Gasteiger partial charge in [0.25, 0.3) is 5.69 Å². The lowest BCUT2D eigenvalue weighted by molar-refractivity contribution is -0.385. The molecule has 0 fully saturated rings. The molecule has 2 N–H and O–H groups in total. The fourth-order valence-electron chi connectivity index (χ4n) is 1.99. The predicted molar refractivity (Wildman–Crippen MR) is 79.8 cm³/mol. The molecule has 1 unspecified atom stereocenters. The van der Waals surface area contributed by atoms with Crippen LogP contribution in [0.25, 0.3) is 0 Å². The van der Waals surface area contributed by atoms with Crippen molar-refractivity contribution in [1.29, 1.82) is 0 Å². The molecule has 0 saturated heterocycles. The Labute approximate surface area is 124 Å². The van der Waals surface area contributed by atoms with E-state index in [1.807, 2.05) is 6.92 Å². The smallest absolute Gasteiger partial charge is 0.276 e. The van der Waals surface area contributed by atoms with Crippen molar-refractivity contribution < 1.29 is 18.1 Å². The lowest BCUT2D eigenvalue weighted by Gasteiger charge is -2.16. The number of nitro benzene ring substituents is 1. The van der Waals surface area contributed by atoms with Crippen LogP contribution in [0.3, 0.4) is 0 Å². The molecule has 118 valence electrons.